The molecule has 0 saturated heterocycles. The Bertz CT molecular complexity index is 811. The van der Waals surface area contributed by atoms with Gasteiger partial charge in [-0.15, -0.1) is 0 Å². The van der Waals surface area contributed by atoms with Crippen LogP contribution in [0.3, 0.4) is 0 Å². The highest BCUT2D eigenvalue weighted by molar-refractivity contribution is 5.98. The van der Waals surface area contributed by atoms with E-state index in [1.807, 2.05) is 24.3 Å². The number of carboxylic acid groups (broad SMARTS) is 1. The van der Waals surface area contributed by atoms with Gasteiger partial charge < -0.3 is 9.84 Å². The van der Waals surface area contributed by atoms with Crippen molar-refractivity contribution >= 4 is 5.97 Å². The van der Waals surface area contributed by atoms with Gasteiger partial charge in [0.1, 0.15) is 5.41 Å². The van der Waals surface area contributed by atoms with E-state index in [2.05, 4.69) is 32.0 Å². The lowest BCUT2D eigenvalue weighted by atomic mass is 9.75. The lowest BCUT2D eigenvalue weighted by Crippen LogP contribution is -2.40. The summed E-state index contributed by atoms with van der Waals surface area (Å²) >= 11 is 0. The Morgan fingerprint density at radius 3 is 2.52 bits per heavy atom. The van der Waals surface area contributed by atoms with Gasteiger partial charge in [0.25, 0.3) is 0 Å². The van der Waals surface area contributed by atoms with Crippen molar-refractivity contribution in [3.63, 3.8) is 0 Å². The van der Waals surface area contributed by atoms with Gasteiger partial charge in [-0.3, -0.25) is 4.79 Å². The second kappa shape index (κ2) is 8.26. The van der Waals surface area contributed by atoms with Crippen molar-refractivity contribution in [2.45, 2.75) is 51.4 Å². The van der Waals surface area contributed by atoms with Gasteiger partial charge in [-0.05, 0) is 40.2 Å². The first-order valence-electron chi connectivity index (χ1n) is 10.0. The summed E-state index contributed by atoms with van der Waals surface area (Å²) in [5.41, 5.74) is 3.90. The molecule has 0 fully saturated rings. The highest BCUT2D eigenvalue weighted by Gasteiger charge is 2.50. The van der Waals surface area contributed by atoms with Crippen LogP contribution in [0.15, 0.2) is 42.5 Å². The molecule has 0 spiro atoms. The van der Waals surface area contributed by atoms with E-state index < -0.39 is 11.4 Å². The van der Waals surface area contributed by atoms with E-state index in [4.69, 9.17) is 4.74 Å². The molecule has 3 rings (SSSR count). The molecule has 2 aromatic carbocycles. The molecule has 0 bridgehead atoms. The maximum absolute atomic E-state index is 12.6. The minimum Gasteiger partial charge on any atom is -0.480 e. The molecule has 1 aliphatic carbocycles. The van der Waals surface area contributed by atoms with Gasteiger partial charge >= 0.3 is 5.97 Å². The topological polar surface area (TPSA) is 46.5 Å². The maximum atomic E-state index is 12.6. The third-order valence-electron chi connectivity index (χ3n) is 6.03. The van der Waals surface area contributed by atoms with Gasteiger partial charge in [-0.2, -0.15) is 0 Å². The van der Waals surface area contributed by atoms with Crippen LogP contribution in [0.5, 0.6) is 0 Å². The standard InChI is InChI=1S/C24H30O3/c1-4-6-10-17(5-2)15-18-11-9-13-20-19-12-7-8-14-21(19)24(16-27-3,22(18)20)23(25)26/h7-9,11-14,17H,4-6,10,15-16H2,1-3H3,(H,25,26). The van der Waals surface area contributed by atoms with Crippen molar-refractivity contribution in [3.8, 4) is 11.1 Å². The zero-order valence-corrected chi connectivity index (χ0v) is 16.6. The van der Waals surface area contributed by atoms with Crippen molar-refractivity contribution < 1.29 is 14.6 Å². The number of aliphatic carboxylic acids is 1. The summed E-state index contributed by atoms with van der Waals surface area (Å²) in [7, 11) is 1.59. The Morgan fingerprint density at radius 2 is 1.85 bits per heavy atom. The molecule has 3 nitrogen and oxygen atoms in total. The van der Waals surface area contributed by atoms with Crippen molar-refractivity contribution in [1.29, 1.82) is 0 Å². The normalized spacial score (nSPS) is 18.8. The summed E-state index contributed by atoms with van der Waals surface area (Å²) in [4.78, 5) is 12.6. The molecule has 3 heteroatoms. The van der Waals surface area contributed by atoms with Crippen molar-refractivity contribution in [2.75, 3.05) is 13.7 Å². The Hall–Kier alpha value is -2.13. The van der Waals surface area contributed by atoms with E-state index in [0.29, 0.717) is 5.92 Å². The highest BCUT2D eigenvalue weighted by Crippen LogP contribution is 2.51. The summed E-state index contributed by atoms with van der Waals surface area (Å²) < 4.78 is 5.47. The number of carbonyl (C=O) groups is 1. The molecule has 2 aromatic rings. The molecule has 0 saturated carbocycles. The van der Waals surface area contributed by atoms with E-state index in [0.717, 1.165) is 40.7 Å². The minimum absolute atomic E-state index is 0.148. The molecule has 0 heterocycles. The SMILES string of the molecule is CCCCC(CC)Cc1cccc2c1C(COC)(C(=O)O)c1ccccc1-2. The van der Waals surface area contributed by atoms with E-state index in [1.54, 1.807) is 7.11 Å². The average molecular weight is 367 g/mol. The summed E-state index contributed by atoms with van der Waals surface area (Å²) in [6.45, 7) is 4.60. The van der Waals surface area contributed by atoms with Crippen molar-refractivity contribution in [3.05, 3.63) is 59.2 Å². The first-order chi connectivity index (χ1) is 13.1. The fourth-order valence-electron chi connectivity index (χ4n) is 4.63. The second-order valence-corrected chi connectivity index (χ2v) is 7.65. The first-order valence-corrected chi connectivity index (χ1v) is 10.0. The zero-order chi connectivity index (χ0) is 19.4. The molecule has 0 amide bonds. The van der Waals surface area contributed by atoms with Crippen LogP contribution in [0, 0.1) is 5.92 Å². The number of hydrogen-bond donors (Lipinski definition) is 1. The number of carboxylic acids is 1. The van der Waals surface area contributed by atoms with Crippen LogP contribution in [-0.2, 0) is 21.4 Å². The van der Waals surface area contributed by atoms with Crippen LogP contribution in [0.2, 0.25) is 0 Å². The number of ether oxygens (including phenoxy) is 1. The van der Waals surface area contributed by atoms with Gasteiger partial charge in [0, 0.05) is 7.11 Å². The Balaban J connectivity index is 2.16. The smallest absolute Gasteiger partial charge is 0.321 e. The van der Waals surface area contributed by atoms with E-state index in [1.165, 1.54) is 19.3 Å². The monoisotopic (exact) mass is 366 g/mol. The zero-order valence-electron chi connectivity index (χ0n) is 16.6. The summed E-state index contributed by atoms with van der Waals surface area (Å²) in [5, 5.41) is 10.4. The Labute approximate surface area is 162 Å². The van der Waals surface area contributed by atoms with Crippen LogP contribution in [0.4, 0.5) is 0 Å². The number of rotatable bonds is 9. The fraction of sp³-hybridized carbons (Fsp3) is 0.458. The van der Waals surface area contributed by atoms with Crippen LogP contribution < -0.4 is 0 Å². The Morgan fingerprint density at radius 1 is 1.11 bits per heavy atom. The van der Waals surface area contributed by atoms with Crippen LogP contribution in [0.1, 0.15) is 56.2 Å². The average Bonchev–Trinajstić information content (AvgIpc) is 2.98. The molecule has 1 N–H and O–H groups in total. The van der Waals surface area contributed by atoms with Gasteiger partial charge in [0.05, 0.1) is 6.61 Å². The van der Waals surface area contributed by atoms with Gasteiger partial charge in [0.15, 0.2) is 0 Å². The predicted octanol–water partition coefficient (Wildman–Crippen LogP) is 5.44. The lowest BCUT2D eigenvalue weighted by molar-refractivity contribution is -0.143. The summed E-state index contributed by atoms with van der Waals surface area (Å²) in [6, 6.07) is 14.1. The molecule has 27 heavy (non-hydrogen) atoms. The van der Waals surface area contributed by atoms with E-state index in [-0.39, 0.29) is 6.61 Å². The van der Waals surface area contributed by atoms with Gasteiger partial charge in [-0.1, -0.05) is 82.0 Å². The predicted molar refractivity (Wildman–Crippen MR) is 109 cm³/mol. The molecular weight excluding hydrogens is 336 g/mol. The van der Waals surface area contributed by atoms with Crippen LogP contribution in [0.25, 0.3) is 11.1 Å². The van der Waals surface area contributed by atoms with E-state index in [9.17, 15) is 9.90 Å². The quantitative estimate of drug-likeness (QED) is 0.642. The highest BCUT2D eigenvalue weighted by atomic mass is 16.5. The number of benzene rings is 2. The van der Waals surface area contributed by atoms with Crippen molar-refractivity contribution in [2.24, 2.45) is 5.92 Å². The second-order valence-electron chi connectivity index (χ2n) is 7.65. The van der Waals surface area contributed by atoms with E-state index >= 15 is 0 Å². The third kappa shape index (κ3) is 3.29. The van der Waals surface area contributed by atoms with Gasteiger partial charge in [-0.25, -0.2) is 0 Å². The number of unbranched alkanes of at least 4 members (excludes halogenated alkanes) is 1. The number of methoxy groups -OCH3 is 1. The number of hydrogen-bond acceptors (Lipinski definition) is 2. The third-order valence-corrected chi connectivity index (χ3v) is 6.03. The molecule has 1 aliphatic rings. The number of fused-ring (bicyclic) bond motifs is 3. The van der Waals surface area contributed by atoms with Crippen LogP contribution >= 0.6 is 0 Å². The summed E-state index contributed by atoms with van der Waals surface area (Å²) in [5.74, 6) is -0.251. The van der Waals surface area contributed by atoms with Crippen LogP contribution in [-0.4, -0.2) is 24.8 Å². The molecular formula is C24H30O3. The molecule has 0 aromatic heterocycles. The lowest BCUT2D eigenvalue weighted by Gasteiger charge is -2.29. The molecule has 2 unspecified atom stereocenters. The minimum atomic E-state index is -1.12. The fourth-order valence-corrected chi connectivity index (χ4v) is 4.63. The molecule has 144 valence electrons. The molecule has 0 radical (unpaired) electrons. The molecule has 2 atom stereocenters. The van der Waals surface area contributed by atoms with Crippen molar-refractivity contribution in [1.82, 2.24) is 0 Å². The summed E-state index contributed by atoms with van der Waals surface area (Å²) in [6.07, 6.45) is 5.63. The molecule has 0 aliphatic heterocycles. The van der Waals surface area contributed by atoms with Gasteiger partial charge in [0.2, 0.25) is 0 Å². The largest absolute Gasteiger partial charge is 0.480 e. The Kier molecular flexibility index (Phi) is 6.01. The first kappa shape index (κ1) is 19.6. The maximum Gasteiger partial charge on any atom is 0.321 e.